The van der Waals surface area contributed by atoms with Crippen LogP contribution in [0.1, 0.15) is 30.4 Å². The van der Waals surface area contributed by atoms with Crippen molar-refractivity contribution in [3.8, 4) is 5.75 Å². The van der Waals surface area contributed by atoms with Crippen molar-refractivity contribution in [3.05, 3.63) is 65.9 Å². The Kier molecular flexibility index (Phi) is 6.30. The minimum absolute atomic E-state index is 0.0179. The molecule has 28 heavy (non-hydrogen) atoms. The lowest BCUT2D eigenvalue weighted by Crippen LogP contribution is -2.23. The number of rotatable bonds is 8. The van der Waals surface area contributed by atoms with Crippen LogP contribution in [0.5, 0.6) is 5.75 Å². The summed E-state index contributed by atoms with van der Waals surface area (Å²) in [5, 5.41) is 1.28. The van der Waals surface area contributed by atoms with Crippen LogP contribution in [-0.4, -0.2) is 31.2 Å². The highest BCUT2D eigenvalue weighted by Crippen LogP contribution is 2.20. The van der Waals surface area contributed by atoms with Crippen LogP contribution in [-0.2, 0) is 28.9 Å². The van der Waals surface area contributed by atoms with Crippen molar-refractivity contribution >= 4 is 10.9 Å². The number of fused-ring (bicyclic) bond motifs is 1. The average Bonchev–Trinajstić information content (AvgIpc) is 3.16. The van der Waals surface area contributed by atoms with Crippen LogP contribution in [0.2, 0.25) is 0 Å². The van der Waals surface area contributed by atoms with E-state index in [0.717, 1.165) is 44.6 Å². The second-order valence-corrected chi connectivity index (χ2v) is 7.42. The molecule has 0 saturated carbocycles. The molecule has 4 nitrogen and oxygen atoms in total. The van der Waals surface area contributed by atoms with Crippen LogP contribution in [0, 0.1) is 0 Å². The minimum Gasteiger partial charge on any atom is -0.497 e. The maximum atomic E-state index is 5.91. The van der Waals surface area contributed by atoms with Gasteiger partial charge in [-0.05, 0) is 72.9 Å². The van der Waals surface area contributed by atoms with Crippen molar-refractivity contribution in [2.45, 2.75) is 44.9 Å². The Balaban J connectivity index is 1.36. The summed E-state index contributed by atoms with van der Waals surface area (Å²) >= 11 is 0. The number of hydrogen-bond acceptors (Lipinski definition) is 3. The molecule has 148 valence electrons. The van der Waals surface area contributed by atoms with Crippen LogP contribution < -0.4 is 4.74 Å². The van der Waals surface area contributed by atoms with Crippen molar-refractivity contribution < 1.29 is 14.2 Å². The summed E-state index contributed by atoms with van der Waals surface area (Å²) in [6, 6.07) is 17.3. The van der Waals surface area contributed by atoms with Crippen molar-refractivity contribution in [1.29, 1.82) is 0 Å². The Morgan fingerprint density at radius 2 is 1.82 bits per heavy atom. The SMILES string of the molecule is COc1ccc(CCc2ccc3ccn(CCOC4CCCCO4)c3c2)cc1. The Hall–Kier alpha value is -2.30. The lowest BCUT2D eigenvalue weighted by Gasteiger charge is -2.22. The van der Waals surface area contributed by atoms with Gasteiger partial charge in [-0.25, -0.2) is 0 Å². The highest BCUT2D eigenvalue weighted by Gasteiger charge is 2.13. The van der Waals surface area contributed by atoms with E-state index in [9.17, 15) is 0 Å². The molecule has 1 aliphatic rings. The van der Waals surface area contributed by atoms with Gasteiger partial charge in [-0.3, -0.25) is 0 Å². The Labute approximate surface area is 167 Å². The maximum Gasteiger partial charge on any atom is 0.157 e. The van der Waals surface area contributed by atoms with Crippen molar-refractivity contribution in [2.75, 3.05) is 20.3 Å². The normalized spacial score (nSPS) is 17.1. The number of nitrogens with zero attached hydrogens (tertiary/aromatic N) is 1. The van der Waals surface area contributed by atoms with Gasteiger partial charge < -0.3 is 18.8 Å². The molecule has 4 heteroatoms. The van der Waals surface area contributed by atoms with Gasteiger partial charge in [0.25, 0.3) is 0 Å². The standard InChI is InChI=1S/C24H29NO3/c1-26-22-11-8-19(9-12-22)5-6-20-7-10-21-13-14-25(23(21)18-20)15-17-28-24-4-2-3-16-27-24/h7-14,18,24H,2-6,15-17H2,1H3. The molecular weight excluding hydrogens is 350 g/mol. The zero-order valence-electron chi connectivity index (χ0n) is 16.6. The Morgan fingerprint density at radius 3 is 2.61 bits per heavy atom. The third-order valence-electron chi connectivity index (χ3n) is 5.47. The quantitative estimate of drug-likeness (QED) is 0.553. The molecule has 0 spiro atoms. The second-order valence-electron chi connectivity index (χ2n) is 7.42. The van der Waals surface area contributed by atoms with Crippen molar-refractivity contribution in [3.63, 3.8) is 0 Å². The first-order valence-electron chi connectivity index (χ1n) is 10.3. The summed E-state index contributed by atoms with van der Waals surface area (Å²) in [4.78, 5) is 0. The van der Waals surface area contributed by atoms with Gasteiger partial charge in [-0.2, -0.15) is 0 Å². The molecule has 2 aromatic carbocycles. The molecule has 0 bridgehead atoms. The van der Waals surface area contributed by atoms with Crippen LogP contribution in [0.15, 0.2) is 54.7 Å². The predicted molar refractivity (Wildman–Crippen MR) is 112 cm³/mol. The van der Waals surface area contributed by atoms with Crippen molar-refractivity contribution in [1.82, 2.24) is 4.57 Å². The molecule has 0 aliphatic carbocycles. The van der Waals surface area contributed by atoms with E-state index in [-0.39, 0.29) is 6.29 Å². The van der Waals surface area contributed by atoms with Gasteiger partial charge >= 0.3 is 0 Å². The second kappa shape index (κ2) is 9.26. The maximum absolute atomic E-state index is 5.91. The molecule has 3 aromatic rings. The minimum atomic E-state index is -0.0179. The molecule has 1 aromatic heterocycles. The molecular formula is C24H29NO3. The van der Waals surface area contributed by atoms with E-state index in [1.54, 1.807) is 7.11 Å². The number of benzene rings is 2. The Bertz CT molecular complexity index is 879. The number of ether oxygens (including phenoxy) is 3. The van der Waals surface area contributed by atoms with Gasteiger partial charge in [0.15, 0.2) is 6.29 Å². The van der Waals surface area contributed by atoms with Crippen LogP contribution >= 0.6 is 0 Å². The zero-order chi connectivity index (χ0) is 19.2. The van der Waals surface area contributed by atoms with Gasteiger partial charge in [0, 0.05) is 24.9 Å². The molecule has 1 atom stereocenters. The van der Waals surface area contributed by atoms with E-state index >= 15 is 0 Å². The summed E-state index contributed by atoms with van der Waals surface area (Å²) in [5.74, 6) is 0.906. The van der Waals surface area contributed by atoms with E-state index in [2.05, 4.69) is 47.2 Å². The predicted octanol–water partition coefficient (Wildman–Crippen LogP) is 4.98. The fourth-order valence-corrected chi connectivity index (χ4v) is 3.79. The molecule has 1 aliphatic heterocycles. The lowest BCUT2D eigenvalue weighted by atomic mass is 10.0. The lowest BCUT2D eigenvalue weighted by molar-refractivity contribution is -0.163. The van der Waals surface area contributed by atoms with Gasteiger partial charge in [0.2, 0.25) is 0 Å². The third kappa shape index (κ3) is 4.75. The fourth-order valence-electron chi connectivity index (χ4n) is 3.79. The van der Waals surface area contributed by atoms with Crippen LogP contribution in [0.3, 0.4) is 0 Å². The van der Waals surface area contributed by atoms with E-state index in [1.165, 1.54) is 28.5 Å². The van der Waals surface area contributed by atoms with Gasteiger partial charge in [0.05, 0.1) is 13.7 Å². The molecule has 0 N–H and O–H groups in total. The molecule has 4 rings (SSSR count). The van der Waals surface area contributed by atoms with E-state index in [1.807, 2.05) is 12.1 Å². The van der Waals surface area contributed by atoms with Crippen molar-refractivity contribution in [2.24, 2.45) is 0 Å². The molecule has 0 amide bonds. The van der Waals surface area contributed by atoms with Crippen LogP contribution in [0.25, 0.3) is 10.9 Å². The fraction of sp³-hybridized carbons (Fsp3) is 0.417. The summed E-state index contributed by atoms with van der Waals surface area (Å²) in [6.07, 6.45) is 7.56. The largest absolute Gasteiger partial charge is 0.497 e. The summed E-state index contributed by atoms with van der Waals surface area (Å²) in [6.45, 7) is 2.37. The van der Waals surface area contributed by atoms with Gasteiger partial charge in [-0.1, -0.05) is 24.3 Å². The first-order valence-corrected chi connectivity index (χ1v) is 10.3. The first kappa shape index (κ1) is 19.0. The smallest absolute Gasteiger partial charge is 0.157 e. The van der Waals surface area contributed by atoms with E-state index < -0.39 is 0 Å². The number of hydrogen-bond donors (Lipinski definition) is 0. The van der Waals surface area contributed by atoms with E-state index in [4.69, 9.17) is 14.2 Å². The Morgan fingerprint density at radius 1 is 1.00 bits per heavy atom. The summed E-state index contributed by atoms with van der Waals surface area (Å²) in [5.41, 5.74) is 3.97. The van der Waals surface area contributed by atoms with Gasteiger partial charge in [0.1, 0.15) is 5.75 Å². The third-order valence-corrected chi connectivity index (χ3v) is 5.47. The van der Waals surface area contributed by atoms with E-state index in [0.29, 0.717) is 6.61 Å². The first-order chi connectivity index (χ1) is 13.8. The number of methoxy groups -OCH3 is 1. The summed E-state index contributed by atoms with van der Waals surface area (Å²) in [7, 11) is 1.70. The zero-order valence-corrected chi connectivity index (χ0v) is 16.6. The van der Waals surface area contributed by atoms with Gasteiger partial charge in [-0.15, -0.1) is 0 Å². The highest BCUT2D eigenvalue weighted by molar-refractivity contribution is 5.80. The molecule has 2 heterocycles. The molecule has 0 radical (unpaired) electrons. The molecule has 1 saturated heterocycles. The monoisotopic (exact) mass is 379 g/mol. The van der Waals surface area contributed by atoms with Crippen LogP contribution in [0.4, 0.5) is 0 Å². The number of aromatic nitrogens is 1. The molecule has 1 unspecified atom stereocenters. The topological polar surface area (TPSA) is 32.6 Å². The molecule has 1 fully saturated rings. The average molecular weight is 380 g/mol. The number of aryl methyl sites for hydroxylation is 2. The summed E-state index contributed by atoms with van der Waals surface area (Å²) < 4.78 is 19.1. The highest BCUT2D eigenvalue weighted by atomic mass is 16.7.